The molecule has 4 nitrogen and oxygen atoms in total. The van der Waals surface area contributed by atoms with Gasteiger partial charge in [-0.25, -0.2) is 5.53 Å². The van der Waals surface area contributed by atoms with Crippen LogP contribution < -0.4 is 11.3 Å². The maximum Gasteiger partial charge on any atom is 0.0596 e. The van der Waals surface area contributed by atoms with Gasteiger partial charge in [-0.05, 0) is 12.8 Å². The molecule has 4 heteroatoms. The van der Waals surface area contributed by atoms with Gasteiger partial charge in [0, 0.05) is 6.54 Å². The molecule has 0 heterocycles. The quantitative estimate of drug-likeness (QED) is 0.208. The molecule has 8 heavy (non-hydrogen) atoms. The molecule has 0 aliphatic rings. The molecule has 0 amide bonds. The average molecular weight is 116 g/mol. The van der Waals surface area contributed by atoms with Gasteiger partial charge in [-0.2, -0.15) is 5.11 Å². The molecule has 0 aromatic carbocycles. The summed E-state index contributed by atoms with van der Waals surface area (Å²) in [4.78, 5) is 0. The molecule has 48 valence electrons. The first-order chi connectivity index (χ1) is 3.91. The number of hydrogen-bond acceptors (Lipinski definition) is 4. The molecule has 0 fully saturated rings. The Labute approximate surface area is 48.9 Å². The normalized spacial score (nSPS) is 9.12. The minimum absolute atomic E-state index is 0.627. The van der Waals surface area contributed by atoms with Gasteiger partial charge in [0.15, 0.2) is 0 Å². The fourth-order valence-corrected chi connectivity index (χ4v) is 0.418. The molecule has 0 spiro atoms. The Hall–Kier alpha value is -0.480. The van der Waals surface area contributed by atoms with Gasteiger partial charge < -0.3 is 0 Å². The van der Waals surface area contributed by atoms with E-state index in [1.54, 1.807) is 0 Å². The molecule has 0 aliphatic carbocycles. The van der Waals surface area contributed by atoms with Crippen molar-refractivity contribution >= 4 is 0 Å². The minimum atomic E-state index is 0.627. The molecule has 0 aromatic heterocycles. The van der Waals surface area contributed by atoms with E-state index in [1.807, 2.05) is 0 Å². The largest absolute Gasteiger partial charge is 0.271 e. The van der Waals surface area contributed by atoms with Crippen molar-refractivity contribution in [2.45, 2.75) is 12.8 Å². The fourth-order valence-electron chi connectivity index (χ4n) is 0.418. The van der Waals surface area contributed by atoms with Crippen LogP contribution in [0.1, 0.15) is 12.8 Å². The summed E-state index contributed by atoms with van der Waals surface area (Å²) in [5, 5.41) is 3.19. The van der Waals surface area contributed by atoms with Crippen LogP contribution >= 0.6 is 0 Å². The summed E-state index contributed by atoms with van der Waals surface area (Å²) >= 11 is 0. The molecule has 4 N–H and O–H groups in total. The van der Waals surface area contributed by atoms with Crippen LogP contribution in [-0.2, 0) is 0 Å². The number of hydrazine groups is 1. The molecular formula is C4H12N4. The lowest BCUT2D eigenvalue weighted by Gasteiger charge is -1.93. The lowest BCUT2D eigenvalue weighted by atomic mass is 10.3. The van der Waals surface area contributed by atoms with E-state index < -0.39 is 0 Å². The van der Waals surface area contributed by atoms with E-state index in [-0.39, 0.29) is 0 Å². The third kappa shape index (κ3) is 5.52. The number of unbranched alkanes of at least 4 members (excludes halogenated alkanes) is 1. The van der Waals surface area contributed by atoms with Gasteiger partial charge in [-0.3, -0.25) is 11.3 Å². The van der Waals surface area contributed by atoms with Crippen molar-refractivity contribution < 1.29 is 0 Å². The predicted octanol–water partition coefficient (Wildman–Crippen LogP) is 0.261. The Balaban J connectivity index is 2.62. The van der Waals surface area contributed by atoms with Crippen LogP contribution in [0.2, 0.25) is 0 Å². The topological polar surface area (TPSA) is 74.3 Å². The predicted molar refractivity (Wildman–Crippen MR) is 31.4 cm³/mol. The van der Waals surface area contributed by atoms with Gasteiger partial charge in [0.1, 0.15) is 0 Å². The zero-order valence-electron chi connectivity index (χ0n) is 4.85. The average Bonchev–Trinajstić information content (AvgIpc) is 1.81. The van der Waals surface area contributed by atoms with Crippen molar-refractivity contribution in [2.75, 3.05) is 13.1 Å². The summed E-state index contributed by atoms with van der Waals surface area (Å²) in [5.41, 5.74) is 8.94. The highest BCUT2D eigenvalue weighted by Gasteiger charge is 1.82. The van der Waals surface area contributed by atoms with Crippen molar-refractivity contribution in [3.63, 3.8) is 0 Å². The van der Waals surface area contributed by atoms with Gasteiger partial charge in [0.05, 0.1) is 6.54 Å². The lowest BCUT2D eigenvalue weighted by molar-refractivity contribution is 0.641. The summed E-state index contributed by atoms with van der Waals surface area (Å²) in [7, 11) is 0. The summed E-state index contributed by atoms with van der Waals surface area (Å²) in [5.74, 6) is 4.98. The molecular weight excluding hydrogens is 104 g/mol. The van der Waals surface area contributed by atoms with Gasteiger partial charge in [-0.15, -0.1) is 0 Å². The van der Waals surface area contributed by atoms with Crippen LogP contribution in [0.4, 0.5) is 0 Å². The van der Waals surface area contributed by atoms with E-state index >= 15 is 0 Å². The van der Waals surface area contributed by atoms with Gasteiger partial charge >= 0.3 is 0 Å². The maximum absolute atomic E-state index is 6.41. The van der Waals surface area contributed by atoms with Gasteiger partial charge in [0.2, 0.25) is 0 Å². The fraction of sp³-hybridized carbons (Fsp3) is 1.00. The summed E-state index contributed by atoms with van der Waals surface area (Å²) in [6.45, 7) is 1.44. The standard InChI is InChI=1S/C4H12N4/c5-7-3-1-2-4-8-6/h5,8H,1-4,6H2. The maximum atomic E-state index is 6.41. The first kappa shape index (κ1) is 7.52. The summed E-state index contributed by atoms with van der Waals surface area (Å²) in [6.07, 6.45) is 1.95. The SMILES string of the molecule is N=NCCCCNN. The smallest absolute Gasteiger partial charge is 0.0596 e. The Bertz CT molecular complexity index is 54.0. The van der Waals surface area contributed by atoms with Crippen LogP contribution in [0.25, 0.3) is 0 Å². The number of nitrogens with one attached hydrogen (secondary N) is 2. The van der Waals surface area contributed by atoms with E-state index in [2.05, 4.69) is 10.5 Å². The number of hydrogen-bond donors (Lipinski definition) is 3. The lowest BCUT2D eigenvalue weighted by Crippen LogP contribution is -2.22. The van der Waals surface area contributed by atoms with Gasteiger partial charge in [0.25, 0.3) is 0 Å². The van der Waals surface area contributed by atoms with Gasteiger partial charge in [-0.1, -0.05) is 0 Å². The van der Waals surface area contributed by atoms with E-state index in [1.165, 1.54) is 0 Å². The molecule has 0 unspecified atom stereocenters. The van der Waals surface area contributed by atoms with Crippen molar-refractivity contribution in [3.05, 3.63) is 0 Å². The molecule has 0 bridgehead atoms. The molecule has 0 aromatic rings. The summed E-state index contributed by atoms with van der Waals surface area (Å²) < 4.78 is 0. The zero-order valence-corrected chi connectivity index (χ0v) is 4.85. The van der Waals surface area contributed by atoms with E-state index in [0.29, 0.717) is 6.54 Å². The highest BCUT2D eigenvalue weighted by molar-refractivity contribution is 4.42. The van der Waals surface area contributed by atoms with Crippen LogP contribution in [0.5, 0.6) is 0 Å². The Morgan fingerprint density at radius 3 is 2.75 bits per heavy atom. The summed E-state index contributed by atoms with van der Waals surface area (Å²) in [6, 6.07) is 0. The second kappa shape index (κ2) is 6.52. The number of nitrogens with zero attached hydrogens (tertiary/aromatic N) is 1. The third-order valence-corrected chi connectivity index (χ3v) is 0.841. The van der Waals surface area contributed by atoms with Crippen LogP contribution in [0, 0.1) is 5.53 Å². The van der Waals surface area contributed by atoms with E-state index in [9.17, 15) is 0 Å². The van der Waals surface area contributed by atoms with Crippen LogP contribution in [-0.4, -0.2) is 13.1 Å². The van der Waals surface area contributed by atoms with Crippen LogP contribution in [0.15, 0.2) is 5.11 Å². The van der Waals surface area contributed by atoms with Crippen LogP contribution in [0.3, 0.4) is 0 Å². The van der Waals surface area contributed by atoms with Crippen molar-refractivity contribution in [3.8, 4) is 0 Å². The van der Waals surface area contributed by atoms with Crippen molar-refractivity contribution in [2.24, 2.45) is 11.0 Å². The van der Waals surface area contributed by atoms with Crippen molar-refractivity contribution in [1.82, 2.24) is 5.43 Å². The Kier molecular flexibility index (Phi) is 6.13. The molecule has 0 aliphatic heterocycles. The first-order valence-electron chi connectivity index (χ1n) is 2.68. The number of nitrogens with two attached hydrogens (primary N) is 1. The third-order valence-electron chi connectivity index (χ3n) is 0.841. The molecule has 0 saturated carbocycles. The van der Waals surface area contributed by atoms with E-state index in [4.69, 9.17) is 11.4 Å². The first-order valence-corrected chi connectivity index (χ1v) is 2.68. The number of rotatable bonds is 5. The zero-order chi connectivity index (χ0) is 6.24. The second-order valence-corrected chi connectivity index (χ2v) is 1.54. The molecule has 0 atom stereocenters. The monoisotopic (exact) mass is 116 g/mol. The molecule has 0 saturated heterocycles. The second-order valence-electron chi connectivity index (χ2n) is 1.54. The van der Waals surface area contributed by atoms with Crippen molar-refractivity contribution in [1.29, 1.82) is 5.53 Å². The minimum Gasteiger partial charge on any atom is -0.271 e. The highest BCUT2D eigenvalue weighted by atomic mass is 15.2. The molecule has 0 rings (SSSR count). The highest BCUT2D eigenvalue weighted by Crippen LogP contribution is 1.84. The molecule has 0 radical (unpaired) electrons. The van der Waals surface area contributed by atoms with E-state index in [0.717, 1.165) is 19.4 Å². The Morgan fingerprint density at radius 2 is 2.25 bits per heavy atom. The Morgan fingerprint density at radius 1 is 1.50 bits per heavy atom.